The summed E-state index contributed by atoms with van der Waals surface area (Å²) in [7, 11) is 0. The Morgan fingerprint density at radius 2 is 1.93 bits per heavy atom. The summed E-state index contributed by atoms with van der Waals surface area (Å²) >= 11 is 0. The van der Waals surface area contributed by atoms with E-state index in [9.17, 15) is 13.9 Å². The van der Waals surface area contributed by atoms with Crippen molar-refractivity contribution in [3.8, 4) is 5.75 Å². The molecule has 0 aliphatic carbocycles. The number of aliphatic hydroxyl groups excluding tert-OH is 1. The van der Waals surface area contributed by atoms with Gasteiger partial charge in [-0.05, 0) is 24.6 Å². The van der Waals surface area contributed by atoms with Crippen molar-refractivity contribution in [2.45, 2.75) is 19.6 Å². The van der Waals surface area contributed by atoms with Gasteiger partial charge >= 0.3 is 0 Å². The molecule has 1 saturated heterocycles. The van der Waals surface area contributed by atoms with Crippen LogP contribution < -0.4 is 4.74 Å². The topological polar surface area (TPSA) is 45.2 Å². The summed E-state index contributed by atoms with van der Waals surface area (Å²) in [6.07, 6.45) is -0.738. The predicted octanol–water partition coefficient (Wildman–Crippen LogP) is 2.85. The second-order valence-corrected chi connectivity index (χ2v) is 7.66. The van der Waals surface area contributed by atoms with E-state index < -0.39 is 17.7 Å². The maximum atomic E-state index is 14.2. The maximum absolute atomic E-state index is 14.2. The molecule has 2 aromatic carbocycles. The summed E-state index contributed by atoms with van der Waals surface area (Å²) in [5.41, 5.74) is 1.41. The van der Waals surface area contributed by atoms with Gasteiger partial charge in [0.25, 0.3) is 0 Å². The minimum atomic E-state index is -0.738. The Bertz CT molecular complexity index is 800. The second-order valence-electron chi connectivity index (χ2n) is 7.66. The number of halogens is 2. The van der Waals surface area contributed by atoms with Gasteiger partial charge in [-0.2, -0.15) is 0 Å². The largest absolute Gasteiger partial charge is 0.491 e. The van der Waals surface area contributed by atoms with Crippen LogP contribution in [0.4, 0.5) is 8.78 Å². The van der Waals surface area contributed by atoms with Crippen LogP contribution in [0.15, 0.2) is 42.5 Å². The van der Waals surface area contributed by atoms with Gasteiger partial charge in [0.05, 0.1) is 13.2 Å². The molecule has 0 spiro atoms. The van der Waals surface area contributed by atoms with Gasteiger partial charge in [0, 0.05) is 50.9 Å². The zero-order chi connectivity index (χ0) is 21.3. The number of morpholine rings is 1. The third-order valence-corrected chi connectivity index (χ3v) is 5.24. The van der Waals surface area contributed by atoms with Crippen molar-refractivity contribution in [3.63, 3.8) is 0 Å². The minimum absolute atomic E-state index is 0.144. The molecule has 0 radical (unpaired) electrons. The number of aliphatic hydroxyl groups is 1. The fourth-order valence-electron chi connectivity index (χ4n) is 3.49. The van der Waals surface area contributed by atoms with Crippen molar-refractivity contribution in [1.29, 1.82) is 0 Å². The Kier molecular flexibility index (Phi) is 8.57. The van der Waals surface area contributed by atoms with E-state index in [4.69, 9.17) is 9.47 Å². The van der Waals surface area contributed by atoms with Crippen molar-refractivity contribution in [2.24, 2.45) is 0 Å². The molecule has 1 aliphatic heterocycles. The first kappa shape index (κ1) is 22.6. The third-order valence-electron chi connectivity index (χ3n) is 5.24. The van der Waals surface area contributed by atoms with Crippen molar-refractivity contribution in [1.82, 2.24) is 9.80 Å². The van der Waals surface area contributed by atoms with Crippen LogP contribution in [0.25, 0.3) is 0 Å². The van der Waals surface area contributed by atoms with Crippen LogP contribution in [0.5, 0.6) is 5.75 Å². The van der Waals surface area contributed by atoms with E-state index in [-0.39, 0.29) is 13.2 Å². The second kappa shape index (κ2) is 11.4. The molecule has 164 valence electrons. The summed E-state index contributed by atoms with van der Waals surface area (Å²) in [6, 6.07) is 11.3. The van der Waals surface area contributed by atoms with E-state index in [0.29, 0.717) is 31.9 Å². The molecule has 30 heavy (non-hydrogen) atoms. The van der Waals surface area contributed by atoms with Gasteiger partial charge in [0.15, 0.2) is 0 Å². The molecule has 3 rings (SSSR count). The number of ether oxygens (including phenoxy) is 2. The van der Waals surface area contributed by atoms with E-state index in [1.54, 1.807) is 0 Å². The summed E-state index contributed by atoms with van der Waals surface area (Å²) in [5.74, 6) is -0.430. The normalized spacial score (nSPS) is 16.0. The quantitative estimate of drug-likeness (QED) is 0.641. The fourth-order valence-corrected chi connectivity index (χ4v) is 3.49. The third kappa shape index (κ3) is 7.02. The molecule has 2 aromatic rings. The summed E-state index contributed by atoms with van der Waals surface area (Å²) in [6.45, 7) is 7.29. The molecule has 1 unspecified atom stereocenters. The summed E-state index contributed by atoms with van der Waals surface area (Å²) in [4.78, 5) is 4.27. The highest BCUT2D eigenvalue weighted by Gasteiger charge is 2.18. The first-order chi connectivity index (χ1) is 14.5. The Labute approximate surface area is 176 Å². The van der Waals surface area contributed by atoms with E-state index in [2.05, 4.69) is 4.90 Å². The van der Waals surface area contributed by atoms with Gasteiger partial charge < -0.3 is 14.6 Å². The Morgan fingerprint density at radius 3 is 2.67 bits per heavy atom. The van der Waals surface area contributed by atoms with Gasteiger partial charge in [0.1, 0.15) is 30.1 Å². The molecule has 1 atom stereocenters. The Balaban J connectivity index is 1.59. The molecule has 0 saturated carbocycles. The van der Waals surface area contributed by atoms with Crippen LogP contribution in [-0.4, -0.2) is 73.6 Å². The van der Waals surface area contributed by atoms with Crippen molar-refractivity contribution in [2.75, 3.05) is 52.5 Å². The lowest BCUT2D eigenvalue weighted by atomic mass is 10.2. The molecule has 0 bridgehead atoms. The van der Waals surface area contributed by atoms with Crippen molar-refractivity contribution >= 4 is 0 Å². The van der Waals surface area contributed by atoms with Gasteiger partial charge in [-0.25, -0.2) is 8.78 Å². The number of para-hydroxylation sites is 1. The zero-order valence-electron chi connectivity index (χ0n) is 17.4. The summed E-state index contributed by atoms with van der Waals surface area (Å²) in [5, 5.41) is 10.5. The van der Waals surface area contributed by atoms with Crippen LogP contribution in [0.1, 0.15) is 11.1 Å². The molecule has 5 nitrogen and oxygen atoms in total. The van der Waals surface area contributed by atoms with Crippen molar-refractivity contribution < 1.29 is 23.4 Å². The van der Waals surface area contributed by atoms with Crippen LogP contribution >= 0.6 is 0 Å². The predicted molar refractivity (Wildman–Crippen MR) is 112 cm³/mol. The van der Waals surface area contributed by atoms with Gasteiger partial charge in [-0.1, -0.05) is 24.3 Å². The molecular weight excluding hydrogens is 390 g/mol. The molecule has 1 heterocycles. The Morgan fingerprint density at radius 1 is 1.17 bits per heavy atom. The smallest absolute Gasteiger partial charge is 0.130 e. The average molecular weight is 421 g/mol. The molecule has 0 aromatic heterocycles. The Hall–Kier alpha value is -2.06. The van der Waals surface area contributed by atoms with Gasteiger partial charge in [-0.3, -0.25) is 9.80 Å². The molecule has 0 amide bonds. The highest BCUT2D eigenvalue weighted by Crippen LogP contribution is 2.17. The molecule has 1 aliphatic rings. The van der Waals surface area contributed by atoms with E-state index in [0.717, 1.165) is 37.0 Å². The van der Waals surface area contributed by atoms with Crippen LogP contribution in [0.2, 0.25) is 0 Å². The number of rotatable bonds is 10. The molecule has 1 N–H and O–H groups in total. The zero-order valence-corrected chi connectivity index (χ0v) is 17.4. The lowest BCUT2D eigenvalue weighted by Crippen LogP contribution is -2.43. The summed E-state index contributed by atoms with van der Waals surface area (Å²) < 4.78 is 38.6. The monoisotopic (exact) mass is 420 g/mol. The number of nitrogens with zero attached hydrogens (tertiary/aromatic N) is 2. The van der Waals surface area contributed by atoms with Crippen LogP contribution in [0, 0.1) is 18.6 Å². The molecule has 7 heteroatoms. The van der Waals surface area contributed by atoms with Gasteiger partial charge in [-0.15, -0.1) is 0 Å². The minimum Gasteiger partial charge on any atom is -0.491 e. The number of aryl methyl sites for hydroxylation is 1. The highest BCUT2D eigenvalue weighted by atomic mass is 19.1. The number of hydrogen-bond donors (Lipinski definition) is 1. The van der Waals surface area contributed by atoms with Crippen molar-refractivity contribution in [3.05, 3.63) is 65.2 Å². The average Bonchev–Trinajstić information content (AvgIpc) is 2.74. The van der Waals surface area contributed by atoms with E-state index in [1.807, 2.05) is 36.1 Å². The maximum Gasteiger partial charge on any atom is 0.130 e. The first-order valence-electron chi connectivity index (χ1n) is 10.3. The number of benzene rings is 2. The number of hydrogen-bond acceptors (Lipinski definition) is 5. The SMILES string of the molecule is Cc1ccccc1OCC(O)CN(CCN1CCOCC1)Cc1ccc(F)cc1F. The standard InChI is InChI=1S/C23H30F2N2O3/c1-18-4-2-3-5-23(18)30-17-21(28)16-27(9-8-26-10-12-29-13-11-26)15-19-6-7-20(24)14-22(19)25/h2-7,14,21,28H,8-13,15-17H2,1H3. The van der Waals surface area contributed by atoms with Gasteiger partial charge in [0.2, 0.25) is 0 Å². The van der Waals surface area contributed by atoms with E-state index in [1.165, 1.54) is 12.1 Å². The van der Waals surface area contributed by atoms with Crippen LogP contribution in [0.3, 0.4) is 0 Å². The molecule has 1 fully saturated rings. The lowest BCUT2D eigenvalue weighted by Gasteiger charge is -2.31. The lowest BCUT2D eigenvalue weighted by molar-refractivity contribution is 0.0254. The fraction of sp³-hybridized carbons (Fsp3) is 0.478. The molecular formula is C23H30F2N2O3. The first-order valence-corrected chi connectivity index (χ1v) is 10.3. The van der Waals surface area contributed by atoms with Crippen LogP contribution in [-0.2, 0) is 11.3 Å². The van der Waals surface area contributed by atoms with E-state index >= 15 is 0 Å². The highest BCUT2D eigenvalue weighted by molar-refractivity contribution is 5.31.